The van der Waals surface area contributed by atoms with Gasteiger partial charge in [0.25, 0.3) is 0 Å². The van der Waals surface area contributed by atoms with E-state index in [2.05, 4.69) is 26.8 Å². The lowest BCUT2D eigenvalue weighted by Gasteiger charge is -2.21. The van der Waals surface area contributed by atoms with Crippen LogP contribution in [0.2, 0.25) is 0 Å². The molecule has 0 aromatic carbocycles. The first-order chi connectivity index (χ1) is 6.07. The zero-order valence-corrected chi connectivity index (χ0v) is 9.82. The van der Waals surface area contributed by atoms with Crippen LogP contribution in [-0.4, -0.2) is 5.88 Å². The van der Waals surface area contributed by atoms with Crippen LogP contribution in [0.1, 0.15) is 46.5 Å². The molecule has 0 heterocycles. The Bertz CT molecular complexity index is 185. The van der Waals surface area contributed by atoms with Crippen molar-refractivity contribution in [3.05, 3.63) is 11.6 Å². The molecule has 1 saturated carbocycles. The van der Waals surface area contributed by atoms with Crippen molar-refractivity contribution in [1.29, 1.82) is 0 Å². The summed E-state index contributed by atoms with van der Waals surface area (Å²) in [5, 5.41) is 0. The highest BCUT2D eigenvalue weighted by atomic mass is 35.5. The van der Waals surface area contributed by atoms with Crippen molar-refractivity contribution >= 4 is 11.6 Å². The van der Waals surface area contributed by atoms with Gasteiger partial charge in [-0.1, -0.05) is 45.3 Å². The third kappa shape index (κ3) is 3.02. The molecule has 0 bridgehead atoms. The van der Waals surface area contributed by atoms with Crippen molar-refractivity contribution in [2.75, 3.05) is 5.88 Å². The van der Waals surface area contributed by atoms with Gasteiger partial charge >= 0.3 is 0 Å². The molecule has 0 amide bonds. The monoisotopic (exact) mass is 200 g/mol. The minimum Gasteiger partial charge on any atom is -0.122 e. The van der Waals surface area contributed by atoms with E-state index in [1.54, 1.807) is 0 Å². The van der Waals surface area contributed by atoms with Gasteiger partial charge in [-0.15, -0.1) is 11.6 Å². The summed E-state index contributed by atoms with van der Waals surface area (Å²) in [7, 11) is 0. The van der Waals surface area contributed by atoms with Crippen molar-refractivity contribution in [3.8, 4) is 0 Å². The molecule has 0 unspecified atom stereocenters. The van der Waals surface area contributed by atoms with E-state index in [1.807, 2.05) is 0 Å². The zero-order valence-electron chi connectivity index (χ0n) is 9.07. The van der Waals surface area contributed by atoms with Gasteiger partial charge in [-0.05, 0) is 24.2 Å². The summed E-state index contributed by atoms with van der Waals surface area (Å²) in [4.78, 5) is 0. The third-order valence-corrected chi connectivity index (χ3v) is 3.48. The van der Waals surface area contributed by atoms with Crippen LogP contribution < -0.4 is 0 Å². The normalized spacial score (nSPS) is 22.7. The van der Waals surface area contributed by atoms with Crippen LogP contribution >= 0.6 is 11.6 Å². The summed E-state index contributed by atoms with van der Waals surface area (Å²) >= 11 is 5.93. The van der Waals surface area contributed by atoms with Crippen LogP contribution in [0.5, 0.6) is 0 Å². The molecule has 0 aromatic heterocycles. The van der Waals surface area contributed by atoms with E-state index in [0.29, 0.717) is 17.2 Å². The Labute approximate surface area is 87.4 Å². The van der Waals surface area contributed by atoms with E-state index in [9.17, 15) is 0 Å². The molecular weight excluding hydrogens is 180 g/mol. The summed E-state index contributed by atoms with van der Waals surface area (Å²) in [6.07, 6.45) is 7.92. The van der Waals surface area contributed by atoms with E-state index in [4.69, 9.17) is 11.6 Å². The van der Waals surface area contributed by atoms with E-state index < -0.39 is 0 Å². The predicted molar refractivity (Wildman–Crippen MR) is 60.2 cm³/mol. The molecule has 0 atom stereocenters. The fourth-order valence-electron chi connectivity index (χ4n) is 2.13. The van der Waals surface area contributed by atoms with E-state index in [-0.39, 0.29) is 0 Å². The first kappa shape index (κ1) is 11.1. The third-order valence-electron chi connectivity index (χ3n) is 3.18. The van der Waals surface area contributed by atoms with Gasteiger partial charge in [-0.3, -0.25) is 0 Å². The van der Waals surface area contributed by atoms with Crippen LogP contribution in [0.4, 0.5) is 0 Å². The second-order valence-corrected chi connectivity index (χ2v) is 5.14. The molecule has 76 valence electrons. The van der Waals surface area contributed by atoms with Gasteiger partial charge in [0.05, 0.1) is 0 Å². The minimum absolute atomic E-state index is 0.453. The van der Waals surface area contributed by atoms with Gasteiger partial charge in [0.1, 0.15) is 0 Å². The largest absolute Gasteiger partial charge is 0.122 e. The van der Waals surface area contributed by atoms with Gasteiger partial charge in [-0.25, -0.2) is 0 Å². The SMILES string of the molecule is CC(C)/C(=C/C1(C)CCCC1)CCl. The maximum atomic E-state index is 5.93. The van der Waals surface area contributed by atoms with Crippen LogP contribution in [0.25, 0.3) is 0 Å². The highest BCUT2D eigenvalue weighted by Gasteiger charge is 2.26. The summed E-state index contributed by atoms with van der Waals surface area (Å²) in [5.74, 6) is 1.31. The molecule has 1 fully saturated rings. The molecule has 0 N–H and O–H groups in total. The molecule has 13 heavy (non-hydrogen) atoms. The number of alkyl halides is 1. The standard InChI is InChI=1S/C12H21Cl/c1-10(2)11(9-13)8-12(3)6-4-5-7-12/h8,10H,4-7,9H2,1-3H3/b11-8+. The quantitative estimate of drug-likeness (QED) is 0.468. The number of halogens is 1. The van der Waals surface area contributed by atoms with Crippen molar-refractivity contribution < 1.29 is 0 Å². The zero-order chi connectivity index (χ0) is 9.90. The van der Waals surface area contributed by atoms with Crippen LogP contribution in [0.3, 0.4) is 0 Å². The Balaban J connectivity index is 2.70. The van der Waals surface area contributed by atoms with Crippen LogP contribution in [0, 0.1) is 11.3 Å². The van der Waals surface area contributed by atoms with Crippen molar-refractivity contribution in [2.45, 2.75) is 46.5 Å². The van der Waals surface area contributed by atoms with Crippen molar-refractivity contribution in [2.24, 2.45) is 11.3 Å². The summed E-state index contributed by atoms with van der Waals surface area (Å²) < 4.78 is 0. The lowest BCUT2D eigenvalue weighted by atomic mass is 9.85. The number of allylic oxidation sites excluding steroid dienone is 2. The number of hydrogen-bond donors (Lipinski definition) is 0. The Morgan fingerprint density at radius 1 is 1.38 bits per heavy atom. The molecule has 0 spiro atoms. The molecule has 1 heteroatoms. The fourth-order valence-corrected chi connectivity index (χ4v) is 2.52. The molecule has 0 saturated heterocycles. The first-order valence-corrected chi connectivity index (χ1v) is 5.88. The smallest absolute Gasteiger partial charge is 0.0436 e. The van der Waals surface area contributed by atoms with Crippen LogP contribution in [-0.2, 0) is 0 Å². The lowest BCUT2D eigenvalue weighted by Crippen LogP contribution is -2.10. The number of hydrogen-bond acceptors (Lipinski definition) is 0. The average Bonchev–Trinajstić information content (AvgIpc) is 2.48. The van der Waals surface area contributed by atoms with Gasteiger partial charge in [0.15, 0.2) is 0 Å². The molecule has 1 rings (SSSR count). The fraction of sp³-hybridized carbons (Fsp3) is 0.833. The summed E-state index contributed by atoms with van der Waals surface area (Å²) in [6.45, 7) is 6.83. The van der Waals surface area contributed by atoms with E-state index >= 15 is 0 Å². The highest BCUT2D eigenvalue weighted by Crippen LogP contribution is 2.40. The Morgan fingerprint density at radius 2 is 1.92 bits per heavy atom. The lowest BCUT2D eigenvalue weighted by molar-refractivity contribution is 0.439. The minimum atomic E-state index is 0.453. The van der Waals surface area contributed by atoms with E-state index in [1.165, 1.54) is 31.3 Å². The summed E-state index contributed by atoms with van der Waals surface area (Å²) in [5.41, 5.74) is 1.88. The molecule has 0 nitrogen and oxygen atoms in total. The van der Waals surface area contributed by atoms with Crippen molar-refractivity contribution in [3.63, 3.8) is 0 Å². The molecule has 0 radical (unpaired) electrons. The Kier molecular flexibility index (Phi) is 3.85. The van der Waals surface area contributed by atoms with Gasteiger partial charge < -0.3 is 0 Å². The van der Waals surface area contributed by atoms with Gasteiger partial charge in [0, 0.05) is 5.88 Å². The average molecular weight is 201 g/mol. The predicted octanol–water partition coefficient (Wildman–Crippen LogP) is 4.39. The Morgan fingerprint density at radius 3 is 2.31 bits per heavy atom. The highest BCUT2D eigenvalue weighted by molar-refractivity contribution is 6.19. The van der Waals surface area contributed by atoms with Gasteiger partial charge in [0.2, 0.25) is 0 Å². The van der Waals surface area contributed by atoms with Crippen LogP contribution in [0.15, 0.2) is 11.6 Å². The molecular formula is C12H21Cl. The molecule has 1 aliphatic rings. The molecule has 0 aliphatic heterocycles. The summed E-state index contributed by atoms with van der Waals surface area (Å²) in [6, 6.07) is 0. The maximum absolute atomic E-state index is 5.93. The molecule has 0 aromatic rings. The second-order valence-electron chi connectivity index (χ2n) is 4.87. The van der Waals surface area contributed by atoms with Gasteiger partial charge in [-0.2, -0.15) is 0 Å². The second kappa shape index (κ2) is 4.50. The van der Waals surface area contributed by atoms with Crippen molar-refractivity contribution in [1.82, 2.24) is 0 Å². The first-order valence-electron chi connectivity index (χ1n) is 5.35. The van der Waals surface area contributed by atoms with E-state index in [0.717, 1.165) is 0 Å². The Hall–Kier alpha value is 0.0300. The maximum Gasteiger partial charge on any atom is 0.0436 e. The molecule has 1 aliphatic carbocycles. The topological polar surface area (TPSA) is 0 Å². The number of rotatable bonds is 3.